The first kappa shape index (κ1) is 17.1. The van der Waals surface area contributed by atoms with E-state index in [1.54, 1.807) is 31.4 Å². The van der Waals surface area contributed by atoms with Gasteiger partial charge in [0, 0.05) is 19.4 Å². The number of nitrogens with one attached hydrogen (secondary N) is 1. The monoisotopic (exact) mass is 294 g/mol. The Labute approximate surface area is 124 Å². The number of hydrogen-bond acceptors (Lipinski definition) is 5. The SMILES string of the molecule is CCCOC(=O)c1ccc(NC(=O)C(N)CCOC)cc1. The smallest absolute Gasteiger partial charge is 0.338 e. The number of nitrogens with two attached hydrogens (primary N) is 1. The lowest BCUT2D eigenvalue weighted by Crippen LogP contribution is -2.36. The summed E-state index contributed by atoms with van der Waals surface area (Å²) in [5, 5.41) is 2.69. The van der Waals surface area contributed by atoms with Crippen molar-refractivity contribution in [3.8, 4) is 0 Å². The van der Waals surface area contributed by atoms with E-state index in [1.165, 1.54) is 0 Å². The number of carbonyl (C=O) groups is 2. The largest absolute Gasteiger partial charge is 0.462 e. The van der Waals surface area contributed by atoms with Gasteiger partial charge in [-0.1, -0.05) is 6.92 Å². The molecule has 21 heavy (non-hydrogen) atoms. The summed E-state index contributed by atoms with van der Waals surface area (Å²) in [5.41, 5.74) is 6.75. The lowest BCUT2D eigenvalue weighted by atomic mass is 10.2. The van der Waals surface area contributed by atoms with Crippen molar-refractivity contribution in [3.63, 3.8) is 0 Å². The molecule has 3 N–H and O–H groups in total. The molecule has 0 aromatic heterocycles. The summed E-state index contributed by atoms with van der Waals surface area (Å²) in [4.78, 5) is 23.4. The molecule has 6 nitrogen and oxygen atoms in total. The molecule has 1 aromatic carbocycles. The molecule has 0 saturated carbocycles. The predicted molar refractivity (Wildman–Crippen MR) is 80.1 cm³/mol. The highest BCUT2D eigenvalue weighted by molar-refractivity contribution is 5.95. The Balaban J connectivity index is 2.54. The molecule has 1 atom stereocenters. The van der Waals surface area contributed by atoms with Crippen molar-refractivity contribution in [3.05, 3.63) is 29.8 Å². The molecule has 0 aliphatic heterocycles. The molecule has 0 aliphatic rings. The van der Waals surface area contributed by atoms with Crippen molar-refractivity contribution >= 4 is 17.6 Å². The van der Waals surface area contributed by atoms with E-state index < -0.39 is 6.04 Å². The van der Waals surface area contributed by atoms with Crippen LogP contribution in [0.3, 0.4) is 0 Å². The van der Waals surface area contributed by atoms with Crippen LogP contribution in [0.1, 0.15) is 30.1 Å². The Morgan fingerprint density at radius 1 is 1.24 bits per heavy atom. The predicted octanol–water partition coefficient (Wildman–Crippen LogP) is 1.56. The quantitative estimate of drug-likeness (QED) is 0.710. The summed E-state index contributed by atoms with van der Waals surface area (Å²) in [6.45, 7) is 2.75. The van der Waals surface area contributed by atoms with Gasteiger partial charge in [-0.05, 0) is 37.1 Å². The molecule has 0 spiro atoms. The third-order valence-electron chi connectivity index (χ3n) is 2.80. The maximum atomic E-state index is 11.8. The van der Waals surface area contributed by atoms with Gasteiger partial charge >= 0.3 is 5.97 Å². The van der Waals surface area contributed by atoms with Crippen LogP contribution in [0, 0.1) is 0 Å². The molecule has 0 bridgehead atoms. The third-order valence-corrected chi connectivity index (χ3v) is 2.80. The Hall–Kier alpha value is -1.92. The number of amides is 1. The fourth-order valence-corrected chi connectivity index (χ4v) is 1.58. The van der Waals surface area contributed by atoms with Crippen LogP contribution in [-0.4, -0.2) is 38.2 Å². The molecular formula is C15H22N2O4. The second-order valence-corrected chi connectivity index (χ2v) is 4.59. The highest BCUT2D eigenvalue weighted by Gasteiger charge is 2.13. The summed E-state index contributed by atoms with van der Waals surface area (Å²) in [6, 6.07) is 5.87. The second-order valence-electron chi connectivity index (χ2n) is 4.59. The van der Waals surface area contributed by atoms with Gasteiger partial charge in [0.25, 0.3) is 0 Å². The first-order valence-corrected chi connectivity index (χ1v) is 6.91. The van der Waals surface area contributed by atoms with Crippen molar-refractivity contribution in [1.82, 2.24) is 0 Å². The first-order chi connectivity index (χ1) is 10.1. The van der Waals surface area contributed by atoms with Crippen LogP contribution in [0.5, 0.6) is 0 Å². The maximum absolute atomic E-state index is 11.8. The minimum absolute atomic E-state index is 0.284. The second kappa shape index (κ2) is 9.10. The van der Waals surface area contributed by atoms with E-state index in [1.807, 2.05) is 6.92 Å². The van der Waals surface area contributed by atoms with Gasteiger partial charge < -0.3 is 20.5 Å². The van der Waals surface area contributed by atoms with Gasteiger partial charge in [-0.3, -0.25) is 4.79 Å². The van der Waals surface area contributed by atoms with Crippen molar-refractivity contribution in [2.75, 3.05) is 25.6 Å². The van der Waals surface area contributed by atoms with Crippen molar-refractivity contribution in [2.24, 2.45) is 5.73 Å². The summed E-state index contributed by atoms with van der Waals surface area (Å²) < 4.78 is 9.90. The van der Waals surface area contributed by atoms with Crippen LogP contribution in [0.25, 0.3) is 0 Å². The van der Waals surface area contributed by atoms with Crippen LogP contribution in [0.2, 0.25) is 0 Å². The van der Waals surface area contributed by atoms with Crippen molar-refractivity contribution < 1.29 is 19.1 Å². The number of hydrogen-bond donors (Lipinski definition) is 2. The standard InChI is InChI=1S/C15H22N2O4/c1-3-9-21-15(19)11-4-6-12(7-5-11)17-14(18)13(16)8-10-20-2/h4-7,13H,3,8-10,16H2,1-2H3,(H,17,18). The van der Waals surface area contributed by atoms with Crippen LogP contribution in [0.4, 0.5) is 5.69 Å². The Kier molecular flexibility index (Phi) is 7.42. The number of ether oxygens (including phenoxy) is 2. The maximum Gasteiger partial charge on any atom is 0.338 e. The summed E-state index contributed by atoms with van der Waals surface area (Å²) in [5.74, 6) is -0.653. The van der Waals surface area contributed by atoms with Crippen LogP contribution in [0.15, 0.2) is 24.3 Å². The molecular weight excluding hydrogens is 272 g/mol. The average molecular weight is 294 g/mol. The molecule has 1 amide bonds. The number of rotatable bonds is 8. The van der Waals surface area contributed by atoms with Gasteiger partial charge in [0.1, 0.15) is 0 Å². The number of benzene rings is 1. The zero-order chi connectivity index (χ0) is 15.7. The van der Waals surface area contributed by atoms with Gasteiger partial charge in [-0.25, -0.2) is 4.79 Å². The molecule has 1 rings (SSSR count). The number of methoxy groups -OCH3 is 1. The zero-order valence-corrected chi connectivity index (χ0v) is 12.4. The minimum Gasteiger partial charge on any atom is -0.462 e. The lowest BCUT2D eigenvalue weighted by Gasteiger charge is -2.12. The zero-order valence-electron chi connectivity index (χ0n) is 12.4. The van der Waals surface area contributed by atoms with Crippen LogP contribution in [-0.2, 0) is 14.3 Å². The highest BCUT2D eigenvalue weighted by atomic mass is 16.5. The topological polar surface area (TPSA) is 90.7 Å². The van der Waals surface area contributed by atoms with E-state index >= 15 is 0 Å². The van der Waals surface area contributed by atoms with E-state index in [9.17, 15) is 9.59 Å². The molecule has 0 heterocycles. The fraction of sp³-hybridized carbons (Fsp3) is 0.467. The number of anilines is 1. The molecule has 1 aromatic rings. The van der Waals surface area contributed by atoms with Crippen LogP contribution >= 0.6 is 0 Å². The molecule has 116 valence electrons. The van der Waals surface area contributed by atoms with Gasteiger partial charge in [-0.15, -0.1) is 0 Å². The van der Waals surface area contributed by atoms with Gasteiger partial charge in [-0.2, -0.15) is 0 Å². The van der Waals surface area contributed by atoms with Crippen molar-refractivity contribution in [1.29, 1.82) is 0 Å². The van der Waals surface area contributed by atoms with E-state index in [-0.39, 0.29) is 11.9 Å². The Morgan fingerprint density at radius 2 is 1.90 bits per heavy atom. The lowest BCUT2D eigenvalue weighted by molar-refractivity contribution is -0.117. The molecule has 1 unspecified atom stereocenters. The van der Waals surface area contributed by atoms with E-state index in [4.69, 9.17) is 15.2 Å². The Morgan fingerprint density at radius 3 is 2.48 bits per heavy atom. The van der Waals surface area contributed by atoms with E-state index in [2.05, 4.69) is 5.32 Å². The fourth-order valence-electron chi connectivity index (χ4n) is 1.58. The average Bonchev–Trinajstić information content (AvgIpc) is 2.50. The third kappa shape index (κ3) is 5.93. The molecule has 0 radical (unpaired) electrons. The van der Waals surface area contributed by atoms with E-state index in [0.29, 0.717) is 30.9 Å². The summed E-state index contributed by atoms with van der Waals surface area (Å²) in [6.07, 6.45) is 1.23. The minimum atomic E-state index is -0.626. The summed E-state index contributed by atoms with van der Waals surface area (Å²) >= 11 is 0. The van der Waals surface area contributed by atoms with E-state index in [0.717, 1.165) is 6.42 Å². The molecule has 0 saturated heterocycles. The van der Waals surface area contributed by atoms with Crippen LogP contribution < -0.4 is 11.1 Å². The van der Waals surface area contributed by atoms with Crippen molar-refractivity contribution in [2.45, 2.75) is 25.8 Å². The first-order valence-electron chi connectivity index (χ1n) is 6.91. The molecule has 6 heteroatoms. The number of esters is 1. The van der Waals surface area contributed by atoms with Gasteiger partial charge in [0.05, 0.1) is 18.2 Å². The normalized spacial score (nSPS) is 11.8. The number of carbonyl (C=O) groups excluding carboxylic acids is 2. The Bertz CT molecular complexity index is 459. The van der Waals surface area contributed by atoms with Gasteiger partial charge in [0.15, 0.2) is 0 Å². The highest BCUT2D eigenvalue weighted by Crippen LogP contribution is 2.11. The van der Waals surface area contributed by atoms with Gasteiger partial charge in [0.2, 0.25) is 5.91 Å². The summed E-state index contributed by atoms with van der Waals surface area (Å²) in [7, 11) is 1.56. The molecule has 0 aliphatic carbocycles. The molecule has 0 fully saturated rings.